The molecule has 0 aliphatic rings. The molecular formula is C26H22N2O2. The average Bonchev–Trinajstić information content (AvgIpc) is 2.79. The zero-order chi connectivity index (χ0) is 20.9. The number of carbonyl (C=O) groups is 1. The number of hydrogen-bond acceptors (Lipinski definition) is 3. The molecule has 148 valence electrons. The molecule has 4 nitrogen and oxygen atoms in total. The minimum Gasteiger partial charge on any atom is -0.507 e. The molecule has 4 heteroatoms. The molecule has 2 N–H and O–H groups in total. The summed E-state index contributed by atoms with van der Waals surface area (Å²) in [5.41, 5.74) is 2.69. The van der Waals surface area contributed by atoms with Crippen LogP contribution in [0.1, 0.15) is 34.5 Å². The molecule has 0 radical (unpaired) electrons. The lowest BCUT2D eigenvalue weighted by Crippen LogP contribution is -2.26. The van der Waals surface area contributed by atoms with Gasteiger partial charge in [0.1, 0.15) is 5.75 Å². The number of fused-ring (bicyclic) bond motifs is 1. The molecule has 0 saturated carbocycles. The van der Waals surface area contributed by atoms with Crippen LogP contribution in [0.5, 0.6) is 5.75 Å². The number of para-hydroxylation sites is 1. The highest BCUT2D eigenvalue weighted by Crippen LogP contribution is 2.27. The van der Waals surface area contributed by atoms with Crippen molar-refractivity contribution in [2.45, 2.75) is 13.0 Å². The van der Waals surface area contributed by atoms with Crippen LogP contribution < -0.4 is 5.32 Å². The molecule has 4 rings (SSSR count). The third-order valence-electron chi connectivity index (χ3n) is 5.08. The van der Waals surface area contributed by atoms with Gasteiger partial charge in [-0.15, -0.1) is 0 Å². The molecule has 0 heterocycles. The van der Waals surface area contributed by atoms with Gasteiger partial charge in [-0.2, -0.15) is 0 Å². The SMILES string of the molecule is C[C@H](NC(=O)c1ccccc1N=Cc1c(O)ccc2ccccc12)c1ccccc1. The molecular weight excluding hydrogens is 372 g/mol. The molecule has 0 aliphatic carbocycles. The van der Waals surface area contributed by atoms with E-state index >= 15 is 0 Å². The normalized spacial score (nSPS) is 12.2. The number of rotatable bonds is 5. The maximum atomic E-state index is 12.9. The first-order valence-corrected chi connectivity index (χ1v) is 9.83. The van der Waals surface area contributed by atoms with Crippen molar-refractivity contribution in [1.82, 2.24) is 5.32 Å². The lowest BCUT2D eigenvalue weighted by Gasteiger charge is -2.15. The van der Waals surface area contributed by atoms with Crippen LogP contribution in [0.3, 0.4) is 0 Å². The smallest absolute Gasteiger partial charge is 0.253 e. The molecule has 0 spiro atoms. The van der Waals surface area contributed by atoms with Gasteiger partial charge in [0, 0.05) is 11.8 Å². The van der Waals surface area contributed by atoms with Crippen molar-refractivity contribution in [2.75, 3.05) is 0 Å². The van der Waals surface area contributed by atoms with Crippen LogP contribution in [0.15, 0.2) is 96.0 Å². The Morgan fingerprint density at radius 3 is 2.43 bits per heavy atom. The highest BCUT2D eigenvalue weighted by Gasteiger charge is 2.14. The fourth-order valence-corrected chi connectivity index (χ4v) is 3.43. The van der Waals surface area contributed by atoms with Crippen LogP contribution >= 0.6 is 0 Å². The number of phenols is 1. The number of nitrogens with zero attached hydrogens (tertiary/aromatic N) is 1. The predicted octanol–water partition coefficient (Wildman–Crippen LogP) is 5.79. The van der Waals surface area contributed by atoms with Gasteiger partial charge in [0.15, 0.2) is 0 Å². The Balaban J connectivity index is 1.63. The van der Waals surface area contributed by atoms with Crippen molar-refractivity contribution in [3.63, 3.8) is 0 Å². The first kappa shape index (κ1) is 19.4. The largest absolute Gasteiger partial charge is 0.507 e. The second-order valence-electron chi connectivity index (χ2n) is 7.10. The fourth-order valence-electron chi connectivity index (χ4n) is 3.43. The van der Waals surface area contributed by atoms with Gasteiger partial charge in [0.25, 0.3) is 5.91 Å². The summed E-state index contributed by atoms with van der Waals surface area (Å²) in [5.74, 6) is -0.0432. The van der Waals surface area contributed by atoms with E-state index in [-0.39, 0.29) is 17.7 Å². The number of amides is 1. The molecule has 30 heavy (non-hydrogen) atoms. The molecule has 0 unspecified atom stereocenters. The summed E-state index contributed by atoms with van der Waals surface area (Å²) in [6.07, 6.45) is 1.62. The van der Waals surface area contributed by atoms with Gasteiger partial charge < -0.3 is 10.4 Å². The Bertz CT molecular complexity index is 1220. The number of phenolic OH excluding ortho intramolecular Hbond substituents is 1. The zero-order valence-electron chi connectivity index (χ0n) is 16.6. The third kappa shape index (κ3) is 4.08. The van der Waals surface area contributed by atoms with E-state index in [1.807, 2.05) is 79.7 Å². The van der Waals surface area contributed by atoms with E-state index in [2.05, 4.69) is 10.3 Å². The summed E-state index contributed by atoms with van der Waals surface area (Å²) in [7, 11) is 0. The van der Waals surface area contributed by atoms with Gasteiger partial charge in [-0.1, -0.05) is 72.8 Å². The Morgan fingerprint density at radius 2 is 1.60 bits per heavy atom. The van der Waals surface area contributed by atoms with E-state index in [4.69, 9.17) is 0 Å². The topological polar surface area (TPSA) is 61.7 Å². The first-order valence-electron chi connectivity index (χ1n) is 9.83. The van der Waals surface area contributed by atoms with E-state index in [1.54, 1.807) is 24.4 Å². The summed E-state index contributed by atoms with van der Waals surface area (Å²) in [6.45, 7) is 1.95. The molecule has 0 saturated heterocycles. The maximum Gasteiger partial charge on any atom is 0.253 e. The highest BCUT2D eigenvalue weighted by molar-refractivity contribution is 6.04. The van der Waals surface area contributed by atoms with Crippen molar-refractivity contribution in [2.24, 2.45) is 4.99 Å². The van der Waals surface area contributed by atoms with Gasteiger partial charge >= 0.3 is 0 Å². The van der Waals surface area contributed by atoms with Crippen molar-refractivity contribution in [3.8, 4) is 5.75 Å². The number of carbonyl (C=O) groups excluding carboxylic acids is 1. The van der Waals surface area contributed by atoms with E-state index in [1.165, 1.54) is 0 Å². The van der Waals surface area contributed by atoms with Crippen LogP contribution in [0.25, 0.3) is 10.8 Å². The number of nitrogens with one attached hydrogen (secondary N) is 1. The fraction of sp³-hybridized carbons (Fsp3) is 0.0769. The minimum atomic E-state index is -0.193. The number of aromatic hydroxyl groups is 1. The third-order valence-corrected chi connectivity index (χ3v) is 5.08. The minimum absolute atomic E-state index is 0.127. The molecule has 1 amide bonds. The Hall–Kier alpha value is -3.92. The van der Waals surface area contributed by atoms with Crippen LogP contribution in [0.4, 0.5) is 5.69 Å². The van der Waals surface area contributed by atoms with Crippen LogP contribution in [-0.2, 0) is 0 Å². The summed E-state index contributed by atoms with van der Waals surface area (Å²) in [4.78, 5) is 17.4. The molecule has 0 fully saturated rings. The van der Waals surface area contributed by atoms with Gasteiger partial charge in [-0.3, -0.25) is 9.79 Å². The zero-order valence-corrected chi connectivity index (χ0v) is 16.6. The van der Waals surface area contributed by atoms with Crippen LogP contribution in [-0.4, -0.2) is 17.2 Å². The second kappa shape index (κ2) is 8.62. The molecule has 4 aromatic rings. The van der Waals surface area contributed by atoms with Gasteiger partial charge in [-0.25, -0.2) is 0 Å². The lowest BCUT2D eigenvalue weighted by atomic mass is 10.0. The summed E-state index contributed by atoms with van der Waals surface area (Å²) < 4.78 is 0. The quantitative estimate of drug-likeness (QED) is 0.421. The molecule has 0 aromatic heterocycles. The Labute approximate surface area is 175 Å². The van der Waals surface area contributed by atoms with Crippen molar-refractivity contribution < 1.29 is 9.90 Å². The van der Waals surface area contributed by atoms with Crippen LogP contribution in [0, 0.1) is 0 Å². The first-order chi connectivity index (χ1) is 14.6. The monoisotopic (exact) mass is 394 g/mol. The van der Waals surface area contributed by atoms with E-state index < -0.39 is 0 Å². The van der Waals surface area contributed by atoms with Crippen molar-refractivity contribution >= 4 is 28.6 Å². The molecule has 4 aromatic carbocycles. The van der Waals surface area contributed by atoms with Crippen molar-refractivity contribution in [3.05, 3.63) is 108 Å². The second-order valence-corrected chi connectivity index (χ2v) is 7.10. The lowest BCUT2D eigenvalue weighted by molar-refractivity contribution is 0.0940. The number of aliphatic imine (C=N–C) groups is 1. The Kier molecular flexibility index (Phi) is 5.57. The van der Waals surface area contributed by atoms with Gasteiger partial charge in [-0.05, 0) is 41.5 Å². The van der Waals surface area contributed by atoms with E-state index in [0.29, 0.717) is 16.8 Å². The molecule has 0 bridgehead atoms. The Morgan fingerprint density at radius 1 is 0.900 bits per heavy atom. The number of benzene rings is 4. The van der Waals surface area contributed by atoms with E-state index in [0.717, 1.165) is 16.3 Å². The van der Waals surface area contributed by atoms with E-state index in [9.17, 15) is 9.90 Å². The highest BCUT2D eigenvalue weighted by atomic mass is 16.3. The summed E-state index contributed by atoms with van der Waals surface area (Å²) in [5, 5.41) is 15.3. The standard InChI is InChI=1S/C26H22N2O2/c1-18(19-9-3-2-4-10-19)28-26(30)22-13-7-8-14-24(22)27-17-23-21-12-6-5-11-20(21)15-16-25(23)29/h2-18,29H,1H3,(H,28,30)/t18-/m0/s1. The van der Waals surface area contributed by atoms with Gasteiger partial charge in [0.2, 0.25) is 0 Å². The summed E-state index contributed by atoms with van der Waals surface area (Å²) in [6, 6.07) is 28.2. The molecule has 1 atom stereocenters. The van der Waals surface area contributed by atoms with Crippen molar-refractivity contribution in [1.29, 1.82) is 0 Å². The number of hydrogen-bond donors (Lipinski definition) is 2. The maximum absolute atomic E-state index is 12.9. The summed E-state index contributed by atoms with van der Waals surface area (Å²) >= 11 is 0. The van der Waals surface area contributed by atoms with Gasteiger partial charge in [0.05, 0.1) is 17.3 Å². The van der Waals surface area contributed by atoms with Crippen LogP contribution in [0.2, 0.25) is 0 Å². The molecule has 0 aliphatic heterocycles. The average molecular weight is 394 g/mol. The predicted molar refractivity (Wildman–Crippen MR) is 122 cm³/mol.